The highest BCUT2D eigenvalue weighted by molar-refractivity contribution is 7.80. The van der Waals surface area contributed by atoms with E-state index >= 15 is 0 Å². The summed E-state index contributed by atoms with van der Waals surface area (Å²) < 4.78 is 5.33. The molecule has 1 fully saturated rings. The highest BCUT2D eigenvalue weighted by atomic mass is 32.1. The van der Waals surface area contributed by atoms with Gasteiger partial charge < -0.3 is 20.3 Å². The summed E-state index contributed by atoms with van der Waals surface area (Å²) in [5.41, 5.74) is 2.04. The van der Waals surface area contributed by atoms with Crippen molar-refractivity contribution in [3.05, 3.63) is 71.8 Å². The fourth-order valence-electron chi connectivity index (χ4n) is 3.50. The number of thiocarbonyl (C=S) groups is 1. The summed E-state index contributed by atoms with van der Waals surface area (Å²) in [5, 5.41) is 5.56. The molecular formula is C24H27N3O4S. The molecule has 7 nitrogen and oxygen atoms in total. The number of benzene rings is 2. The standard InChI is InChI=1S/C24H27N3O4S/c28-21(16-19-10-5-2-6-11-19)26-24(32)27-14-13-25-23(30)20(27)17-22(29)31-15-7-12-18-8-3-1-4-9-18/h1-6,8-11,20H,7,12-17H2,(H,25,30)(H,26,28,32). The zero-order valence-electron chi connectivity index (χ0n) is 17.8. The van der Waals surface area contributed by atoms with Crippen LogP contribution >= 0.6 is 12.2 Å². The van der Waals surface area contributed by atoms with E-state index in [9.17, 15) is 14.4 Å². The molecule has 1 unspecified atom stereocenters. The SMILES string of the molecule is O=C(Cc1ccccc1)NC(=S)N1CCNC(=O)C1CC(=O)OCCCc1ccccc1. The van der Waals surface area contributed by atoms with E-state index in [1.54, 1.807) is 4.90 Å². The average Bonchev–Trinajstić information content (AvgIpc) is 2.79. The number of rotatable bonds is 8. The quantitative estimate of drug-likeness (QED) is 0.361. The van der Waals surface area contributed by atoms with Crippen molar-refractivity contribution < 1.29 is 19.1 Å². The number of carbonyl (C=O) groups is 3. The summed E-state index contributed by atoms with van der Waals surface area (Å²) in [7, 11) is 0. The number of aryl methyl sites for hydroxylation is 1. The monoisotopic (exact) mass is 453 g/mol. The molecule has 168 valence electrons. The number of piperazine rings is 1. The first kappa shape index (κ1) is 23.4. The van der Waals surface area contributed by atoms with Crippen molar-refractivity contribution in [2.24, 2.45) is 0 Å². The van der Waals surface area contributed by atoms with Gasteiger partial charge in [0.05, 0.1) is 19.4 Å². The minimum absolute atomic E-state index is 0.133. The molecule has 2 aromatic rings. The van der Waals surface area contributed by atoms with Gasteiger partial charge in [0.1, 0.15) is 6.04 Å². The van der Waals surface area contributed by atoms with E-state index < -0.39 is 12.0 Å². The van der Waals surface area contributed by atoms with Gasteiger partial charge in [0.2, 0.25) is 11.8 Å². The molecule has 0 aromatic heterocycles. The van der Waals surface area contributed by atoms with Gasteiger partial charge in [0.15, 0.2) is 5.11 Å². The number of nitrogens with zero attached hydrogens (tertiary/aromatic N) is 1. The minimum atomic E-state index is -0.810. The summed E-state index contributed by atoms with van der Waals surface area (Å²) in [5.74, 6) is -1.05. The lowest BCUT2D eigenvalue weighted by Crippen LogP contribution is -2.60. The van der Waals surface area contributed by atoms with Crippen LogP contribution in [0.5, 0.6) is 0 Å². The van der Waals surface area contributed by atoms with Gasteiger partial charge in [-0.05, 0) is 36.2 Å². The number of amides is 2. The van der Waals surface area contributed by atoms with E-state index in [0.29, 0.717) is 19.5 Å². The van der Waals surface area contributed by atoms with E-state index in [2.05, 4.69) is 10.6 Å². The van der Waals surface area contributed by atoms with Gasteiger partial charge in [-0.15, -0.1) is 0 Å². The number of ether oxygens (including phenoxy) is 1. The van der Waals surface area contributed by atoms with Crippen molar-refractivity contribution in [3.8, 4) is 0 Å². The van der Waals surface area contributed by atoms with Gasteiger partial charge in [-0.2, -0.15) is 0 Å². The lowest BCUT2D eigenvalue weighted by molar-refractivity contribution is -0.147. The first-order valence-electron chi connectivity index (χ1n) is 10.6. The second-order valence-electron chi connectivity index (χ2n) is 7.53. The van der Waals surface area contributed by atoms with Gasteiger partial charge in [-0.1, -0.05) is 60.7 Å². The van der Waals surface area contributed by atoms with Crippen LogP contribution in [0.25, 0.3) is 0 Å². The number of hydrogen-bond acceptors (Lipinski definition) is 5. The first-order valence-corrected chi connectivity index (χ1v) is 11.1. The molecule has 1 aliphatic heterocycles. The number of esters is 1. The van der Waals surface area contributed by atoms with E-state index in [0.717, 1.165) is 12.0 Å². The molecule has 32 heavy (non-hydrogen) atoms. The Bertz CT molecular complexity index is 937. The van der Waals surface area contributed by atoms with Crippen LogP contribution in [-0.4, -0.2) is 53.5 Å². The Morgan fingerprint density at radius 3 is 2.41 bits per heavy atom. The topological polar surface area (TPSA) is 87.7 Å². The molecule has 0 radical (unpaired) electrons. The van der Waals surface area contributed by atoms with E-state index in [-0.39, 0.29) is 36.4 Å². The summed E-state index contributed by atoms with van der Waals surface area (Å²) >= 11 is 5.37. The lowest BCUT2D eigenvalue weighted by Gasteiger charge is -2.36. The lowest BCUT2D eigenvalue weighted by atomic mass is 10.1. The maximum atomic E-state index is 12.4. The van der Waals surface area contributed by atoms with Crippen molar-refractivity contribution in [2.45, 2.75) is 31.7 Å². The molecule has 2 N–H and O–H groups in total. The molecule has 0 spiro atoms. The summed E-state index contributed by atoms with van der Waals surface area (Å²) in [6.07, 6.45) is 1.55. The Kier molecular flexibility index (Phi) is 8.74. The van der Waals surface area contributed by atoms with Crippen molar-refractivity contribution in [2.75, 3.05) is 19.7 Å². The van der Waals surface area contributed by atoms with Crippen LogP contribution in [0.3, 0.4) is 0 Å². The Labute approximate surface area is 193 Å². The van der Waals surface area contributed by atoms with Crippen LogP contribution in [0, 0.1) is 0 Å². The second kappa shape index (κ2) is 12.0. The molecule has 2 aromatic carbocycles. The van der Waals surface area contributed by atoms with E-state index in [1.165, 1.54) is 5.56 Å². The highest BCUT2D eigenvalue weighted by Gasteiger charge is 2.34. The number of nitrogens with one attached hydrogen (secondary N) is 2. The van der Waals surface area contributed by atoms with Gasteiger partial charge >= 0.3 is 5.97 Å². The molecule has 1 atom stereocenters. The zero-order chi connectivity index (χ0) is 22.8. The Morgan fingerprint density at radius 1 is 1.06 bits per heavy atom. The largest absolute Gasteiger partial charge is 0.466 e. The van der Waals surface area contributed by atoms with E-state index in [1.807, 2.05) is 60.7 Å². The van der Waals surface area contributed by atoms with Gasteiger partial charge in [-0.3, -0.25) is 14.4 Å². The normalized spacial score (nSPS) is 15.6. The number of carbonyl (C=O) groups excluding carboxylic acids is 3. The summed E-state index contributed by atoms with van der Waals surface area (Å²) in [6.45, 7) is 1.07. The molecule has 1 heterocycles. The molecular weight excluding hydrogens is 426 g/mol. The predicted molar refractivity (Wildman–Crippen MR) is 125 cm³/mol. The molecule has 3 rings (SSSR count). The molecule has 1 saturated heterocycles. The Morgan fingerprint density at radius 2 is 1.72 bits per heavy atom. The van der Waals surface area contributed by atoms with E-state index in [4.69, 9.17) is 17.0 Å². The smallest absolute Gasteiger partial charge is 0.308 e. The Balaban J connectivity index is 1.48. The molecule has 2 amide bonds. The van der Waals surface area contributed by atoms with Crippen LogP contribution in [0.1, 0.15) is 24.0 Å². The first-order chi connectivity index (χ1) is 15.5. The zero-order valence-corrected chi connectivity index (χ0v) is 18.6. The molecule has 8 heteroatoms. The third-order valence-corrected chi connectivity index (χ3v) is 5.46. The second-order valence-corrected chi connectivity index (χ2v) is 7.92. The van der Waals surface area contributed by atoms with Crippen molar-refractivity contribution in [1.29, 1.82) is 0 Å². The maximum Gasteiger partial charge on any atom is 0.308 e. The van der Waals surface area contributed by atoms with Gasteiger partial charge in [0.25, 0.3) is 0 Å². The van der Waals surface area contributed by atoms with Crippen LogP contribution in [0.15, 0.2) is 60.7 Å². The summed E-state index contributed by atoms with van der Waals surface area (Å²) in [6, 6.07) is 18.4. The van der Waals surface area contributed by atoms with Crippen LogP contribution in [0.2, 0.25) is 0 Å². The average molecular weight is 454 g/mol. The highest BCUT2D eigenvalue weighted by Crippen LogP contribution is 2.12. The summed E-state index contributed by atoms with van der Waals surface area (Å²) in [4.78, 5) is 38.7. The van der Waals surface area contributed by atoms with Crippen LogP contribution in [0.4, 0.5) is 0 Å². The molecule has 1 aliphatic rings. The van der Waals surface area contributed by atoms with Crippen LogP contribution < -0.4 is 10.6 Å². The fourth-order valence-corrected chi connectivity index (χ4v) is 3.83. The molecule has 0 saturated carbocycles. The van der Waals surface area contributed by atoms with Gasteiger partial charge in [0, 0.05) is 13.1 Å². The van der Waals surface area contributed by atoms with Crippen molar-refractivity contribution in [3.63, 3.8) is 0 Å². The molecule has 0 aliphatic carbocycles. The third kappa shape index (κ3) is 7.16. The van der Waals surface area contributed by atoms with Gasteiger partial charge in [-0.25, -0.2) is 0 Å². The number of hydrogen-bond donors (Lipinski definition) is 2. The van der Waals surface area contributed by atoms with Crippen molar-refractivity contribution >= 4 is 35.1 Å². The third-order valence-electron chi connectivity index (χ3n) is 5.12. The minimum Gasteiger partial charge on any atom is -0.466 e. The predicted octanol–water partition coefficient (Wildman–Crippen LogP) is 2.00. The maximum absolute atomic E-state index is 12.4. The van der Waals surface area contributed by atoms with Crippen molar-refractivity contribution in [1.82, 2.24) is 15.5 Å². The molecule has 0 bridgehead atoms. The van der Waals surface area contributed by atoms with Crippen LogP contribution in [-0.2, 0) is 32.0 Å². The Hall–Kier alpha value is -3.26. The fraction of sp³-hybridized carbons (Fsp3) is 0.333.